The Labute approximate surface area is 105 Å². The number of hydrogen-bond donors (Lipinski definition) is 2. The van der Waals surface area contributed by atoms with Gasteiger partial charge in [-0.05, 0) is 30.8 Å². The zero-order chi connectivity index (χ0) is 12.7. The Kier molecular flexibility index (Phi) is 5.77. The molecule has 1 fully saturated rings. The first-order valence-corrected chi connectivity index (χ1v) is 6.96. The molecule has 1 aliphatic rings. The SMILES string of the molecule is CCCOCC(=O)NC1(C(=O)O)CCSCC1. The van der Waals surface area contributed by atoms with E-state index in [2.05, 4.69) is 5.32 Å². The summed E-state index contributed by atoms with van der Waals surface area (Å²) in [4.78, 5) is 22.9. The number of ether oxygens (including phenoxy) is 1. The van der Waals surface area contributed by atoms with Gasteiger partial charge >= 0.3 is 5.97 Å². The molecule has 0 aliphatic carbocycles. The van der Waals surface area contributed by atoms with Crippen LogP contribution in [0.5, 0.6) is 0 Å². The first-order valence-electron chi connectivity index (χ1n) is 5.80. The summed E-state index contributed by atoms with van der Waals surface area (Å²) in [7, 11) is 0. The molecule has 0 aromatic carbocycles. The van der Waals surface area contributed by atoms with Gasteiger partial charge in [0, 0.05) is 6.61 Å². The van der Waals surface area contributed by atoms with Crippen LogP contribution in [-0.2, 0) is 14.3 Å². The molecule has 0 bridgehead atoms. The van der Waals surface area contributed by atoms with E-state index in [0.29, 0.717) is 19.4 Å². The second-order valence-corrected chi connectivity index (χ2v) is 5.33. The highest BCUT2D eigenvalue weighted by atomic mass is 32.2. The van der Waals surface area contributed by atoms with Crippen molar-refractivity contribution < 1.29 is 19.4 Å². The second kappa shape index (κ2) is 6.86. The van der Waals surface area contributed by atoms with E-state index in [1.54, 1.807) is 11.8 Å². The number of rotatable bonds is 6. The third kappa shape index (κ3) is 4.20. The minimum Gasteiger partial charge on any atom is -0.480 e. The lowest BCUT2D eigenvalue weighted by Crippen LogP contribution is -2.57. The molecule has 5 nitrogen and oxygen atoms in total. The lowest BCUT2D eigenvalue weighted by Gasteiger charge is -2.33. The monoisotopic (exact) mass is 261 g/mol. The van der Waals surface area contributed by atoms with Gasteiger partial charge in [0.2, 0.25) is 5.91 Å². The number of carboxylic acid groups (broad SMARTS) is 1. The zero-order valence-electron chi connectivity index (χ0n) is 10.0. The quantitative estimate of drug-likeness (QED) is 0.694. The molecule has 0 spiro atoms. The summed E-state index contributed by atoms with van der Waals surface area (Å²) in [6.07, 6.45) is 1.80. The lowest BCUT2D eigenvalue weighted by atomic mass is 9.92. The number of amides is 1. The van der Waals surface area contributed by atoms with Crippen molar-refractivity contribution in [3.63, 3.8) is 0 Å². The highest BCUT2D eigenvalue weighted by molar-refractivity contribution is 7.99. The van der Waals surface area contributed by atoms with Gasteiger partial charge in [-0.15, -0.1) is 0 Å². The van der Waals surface area contributed by atoms with Crippen molar-refractivity contribution in [2.75, 3.05) is 24.7 Å². The van der Waals surface area contributed by atoms with E-state index < -0.39 is 11.5 Å². The predicted octanol–water partition coefficient (Wildman–Crippen LogP) is 0.880. The Morgan fingerprint density at radius 2 is 2.06 bits per heavy atom. The molecule has 0 atom stereocenters. The molecular formula is C11H19NO4S. The summed E-state index contributed by atoms with van der Waals surface area (Å²) in [6, 6.07) is 0. The number of hydrogen-bond acceptors (Lipinski definition) is 4. The number of carboxylic acids is 1. The fourth-order valence-corrected chi connectivity index (χ4v) is 2.91. The predicted molar refractivity (Wildman–Crippen MR) is 66.2 cm³/mol. The van der Waals surface area contributed by atoms with Gasteiger partial charge in [-0.25, -0.2) is 4.79 Å². The molecule has 1 aliphatic heterocycles. The van der Waals surface area contributed by atoms with Crippen molar-refractivity contribution >= 4 is 23.6 Å². The standard InChI is InChI=1S/C11H19NO4S/c1-2-5-16-8-9(13)12-11(10(14)15)3-6-17-7-4-11/h2-8H2,1H3,(H,12,13)(H,14,15). The minimum absolute atomic E-state index is 0.0595. The average molecular weight is 261 g/mol. The maximum atomic E-state index is 11.6. The topological polar surface area (TPSA) is 75.6 Å². The van der Waals surface area contributed by atoms with Crippen molar-refractivity contribution in [2.24, 2.45) is 0 Å². The molecule has 0 unspecified atom stereocenters. The average Bonchev–Trinajstić information content (AvgIpc) is 2.30. The molecule has 1 saturated heterocycles. The first kappa shape index (κ1) is 14.3. The number of thioether (sulfide) groups is 1. The van der Waals surface area contributed by atoms with Gasteiger partial charge < -0.3 is 15.2 Å². The second-order valence-electron chi connectivity index (χ2n) is 4.10. The minimum atomic E-state index is -1.09. The first-order chi connectivity index (χ1) is 8.10. The maximum Gasteiger partial charge on any atom is 0.329 e. The number of nitrogens with one attached hydrogen (secondary N) is 1. The van der Waals surface area contributed by atoms with Gasteiger partial charge in [0.05, 0.1) is 0 Å². The molecule has 1 heterocycles. The van der Waals surface area contributed by atoms with Crippen LogP contribution in [0.15, 0.2) is 0 Å². The van der Waals surface area contributed by atoms with E-state index >= 15 is 0 Å². The number of carbonyl (C=O) groups is 2. The molecule has 0 saturated carbocycles. The Bertz CT molecular complexity index is 277. The normalized spacial score (nSPS) is 18.6. The van der Waals surface area contributed by atoms with E-state index in [-0.39, 0.29) is 12.5 Å². The molecule has 1 amide bonds. The largest absolute Gasteiger partial charge is 0.480 e. The van der Waals surface area contributed by atoms with Crippen LogP contribution in [0.1, 0.15) is 26.2 Å². The van der Waals surface area contributed by atoms with Crippen LogP contribution in [0.4, 0.5) is 0 Å². The molecule has 2 N–H and O–H groups in total. The van der Waals surface area contributed by atoms with E-state index in [0.717, 1.165) is 17.9 Å². The summed E-state index contributed by atoms with van der Waals surface area (Å²) >= 11 is 1.72. The van der Waals surface area contributed by atoms with Gasteiger partial charge in [0.25, 0.3) is 0 Å². The van der Waals surface area contributed by atoms with Crippen molar-refractivity contribution in [2.45, 2.75) is 31.7 Å². The van der Waals surface area contributed by atoms with Gasteiger partial charge in [-0.1, -0.05) is 6.92 Å². The van der Waals surface area contributed by atoms with Gasteiger partial charge in [-0.3, -0.25) is 4.79 Å². The molecule has 0 aromatic rings. The summed E-state index contributed by atoms with van der Waals surface area (Å²) in [5, 5.41) is 11.9. The van der Waals surface area contributed by atoms with E-state index in [4.69, 9.17) is 4.74 Å². The molecule has 6 heteroatoms. The summed E-state index contributed by atoms with van der Waals surface area (Å²) in [5.74, 6) is 0.250. The fraction of sp³-hybridized carbons (Fsp3) is 0.818. The zero-order valence-corrected chi connectivity index (χ0v) is 10.8. The Balaban J connectivity index is 2.48. The van der Waals surface area contributed by atoms with Crippen LogP contribution in [0.2, 0.25) is 0 Å². The molecule has 0 aromatic heterocycles. The fourth-order valence-electron chi connectivity index (χ4n) is 1.72. The van der Waals surface area contributed by atoms with E-state index in [1.807, 2.05) is 6.92 Å². The van der Waals surface area contributed by atoms with Crippen LogP contribution in [0.25, 0.3) is 0 Å². The lowest BCUT2D eigenvalue weighted by molar-refractivity contribution is -0.148. The summed E-state index contributed by atoms with van der Waals surface area (Å²) < 4.78 is 5.10. The molecule has 17 heavy (non-hydrogen) atoms. The van der Waals surface area contributed by atoms with Crippen molar-refractivity contribution in [3.05, 3.63) is 0 Å². The molecule has 1 rings (SSSR count). The highest BCUT2D eigenvalue weighted by Crippen LogP contribution is 2.27. The summed E-state index contributed by atoms with van der Waals surface area (Å²) in [6.45, 7) is 2.41. The van der Waals surface area contributed by atoms with Gasteiger partial charge in [0.1, 0.15) is 12.1 Å². The van der Waals surface area contributed by atoms with Crippen molar-refractivity contribution in [3.8, 4) is 0 Å². The third-order valence-corrected chi connectivity index (χ3v) is 3.70. The molecular weight excluding hydrogens is 242 g/mol. The Hall–Kier alpha value is -0.750. The maximum absolute atomic E-state index is 11.6. The Morgan fingerprint density at radius 3 is 2.59 bits per heavy atom. The van der Waals surface area contributed by atoms with Crippen LogP contribution in [-0.4, -0.2) is 47.2 Å². The van der Waals surface area contributed by atoms with Crippen LogP contribution >= 0.6 is 11.8 Å². The van der Waals surface area contributed by atoms with Crippen LogP contribution in [0, 0.1) is 0 Å². The third-order valence-electron chi connectivity index (χ3n) is 2.72. The molecule has 98 valence electrons. The van der Waals surface area contributed by atoms with Crippen LogP contribution < -0.4 is 5.32 Å². The van der Waals surface area contributed by atoms with Crippen molar-refractivity contribution in [1.82, 2.24) is 5.32 Å². The summed E-state index contributed by atoms with van der Waals surface area (Å²) in [5.41, 5.74) is -1.09. The van der Waals surface area contributed by atoms with Crippen LogP contribution in [0.3, 0.4) is 0 Å². The Morgan fingerprint density at radius 1 is 1.41 bits per heavy atom. The number of carbonyl (C=O) groups excluding carboxylic acids is 1. The van der Waals surface area contributed by atoms with E-state index in [9.17, 15) is 14.7 Å². The van der Waals surface area contributed by atoms with E-state index in [1.165, 1.54) is 0 Å². The smallest absolute Gasteiger partial charge is 0.329 e. The highest BCUT2D eigenvalue weighted by Gasteiger charge is 2.41. The van der Waals surface area contributed by atoms with Gasteiger partial charge in [0.15, 0.2) is 0 Å². The van der Waals surface area contributed by atoms with Gasteiger partial charge in [-0.2, -0.15) is 11.8 Å². The molecule has 0 radical (unpaired) electrons. The van der Waals surface area contributed by atoms with Crippen molar-refractivity contribution in [1.29, 1.82) is 0 Å². The number of aliphatic carboxylic acids is 1.